The third-order valence-electron chi connectivity index (χ3n) is 4.05. The summed E-state index contributed by atoms with van der Waals surface area (Å²) in [6.07, 6.45) is -4.04. The summed E-state index contributed by atoms with van der Waals surface area (Å²) in [5.74, 6) is -0.110. The predicted molar refractivity (Wildman–Crippen MR) is 86.4 cm³/mol. The number of nitriles is 1. The van der Waals surface area contributed by atoms with Crippen molar-refractivity contribution < 1.29 is 18.0 Å². The van der Waals surface area contributed by atoms with Crippen LogP contribution in [0.15, 0.2) is 24.3 Å². The van der Waals surface area contributed by atoms with Crippen LogP contribution in [0.25, 0.3) is 0 Å². The number of hydrogen-bond donors (Lipinski definition) is 1. The monoisotopic (exact) mass is 354 g/mol. The molecule has 0 unspecified atom stereocenters. The molecule has 1 amide bonds. The van der Waals surface area contributed by atoms with E-state index in [9.17, 15) is 18.0 Å². The first kappa shape index (κ1) is 19.2. The van der Waals surface area contributed by atoms with Crippen LogP contribution in [0, 0.1) is 11.3 Å². The number of rotatable bonds is 6. The largest absolute Gasteiger partial charge is 0.416 e. The molecule has 0 aliphatic carbocycles. The topological polar surface area (TPSA) is 59.4 Å². The minimum Gasteiger partial charge on any atom is -0.354 e. The number of benzene rings is 1. The van der Waals surface area contributed by atoms with E-state index in [1.54, 1.807) is 6.07 Å². The average Bonchev–Trinajstić information content (AvgIpc) is 2.56. The zero-order chi connectivity index (χ0) is 18.3. The number of amides is 1. The van der Waals surface area contributed by atoms with Gasteiger partial charge in [-0.05, 0) is 11.6 Å². The Morgan fingerprint density at radius 1 is 1.20 bits per heavy atom. The van der Waals surface area contributed by atoms with Crippen LogP contribution in [0.4, 0.5) is 13.2 Å². The van der Waals surface area contributed by atoms with Crippen LogP contribution in [0.3, 0.4) is 0 Å². The fourth-order valence-corrected chi connectivity index (χ4v) is 2.73. The first-order valence-corrected chi connectivity index (χ1v) is 8.13. The van der Waals surface area contributed by atoms with Crippen LogP contribution < -0.4 is 5.32 Å². The van der Waals surface area contributed by atoms with Crippen molar-refractivity contribution in [3.05, 3.63) is 35.4 Å². The molecule has 0 aromatic heterocycles. The molecule has 1 N–H and O–H groups in total. The quantitative estimate of drug-likeness (QED) is 0.792. The fraction of sp³-hybridized carbons (Fsp3) is 0.529. The van der Waals surface area contributed by atoms with Gasteiger partial charge in [-0.2, -0.15) is 18.4 Å². The highest BCUT2D eigenvalue weighted by Crippen LogP contribution is 2.29. The molecule has 8 heteroatoms. The van der Waals surface area contributed by atoms with Gasteiger partial charge in [-0.3, -0.25) is 14.6 Å². The normalized spacial score (nSPS) is 16.4. The number of carbonyl (C=O) groups is 1. The van der Waals surface area contributed by atoms with E-state index in [2.05, 4.69) is 10.2 Å². The van der Waals surface area contributed by atoms with E-state index in [1.165, 1.54) is 12.1 Å². The molecule has 1 heterocycles. The van der Waals surface area contributed by atoms with Crippen LogP contribution in [-0.4, -0.2) is 55.0 Å². The molecule has 1 aromatic carbocycles. The molecular formula is C17H21F3N4O. The Bertz CT molecular complexity index is 619. The van der Waals surface area contributed by atoms with Crippen molar-refractivity contribution in [2.75, 3.05) is 39.3 Å². The van der Waals surface area contributed by atoms with Gasteiger partial charge in [0.15, 0.2) is 0 Å². The van der Waals surface area contributed by atoms with E-state index in [0.717, 1.165) is 6.07 Å². The van der Waals surface area contributed by atoms with E-state index in [1.807, 2.05) is 11.0 Å². The highest BCUT2D eigenvalue weighted by Gasteiger charge is 2.30. The standard InChI is InChI=1S/C17H21F3N4O/c18-17(19,20)15-4-1-3-14(11-15)12-23-7-9-24(10-8-23)13-16(25)22-6-2-5-21/h1,3-4,11H,2,6-10,12-13H2,(H,22,25). The second kappa shape index (κ2) is 8.83. The maximum absolute atomic E-state index is 12.8. The van der Waals surface area contributed by atoms with Gasteiger partial charge in [0.1, 0.15) is 0 Å². The van der Waals surface area contributed by atoms with Crippen molar-refractivity contribution in [1.29, 1.82) is 5.26 Å². The lowest BCUT2D eigenvalue weighted by Crippen LogP contribution is -2.49. The summed E-state index contributed by atoms with van der Waals surface area (Å²) >= 11 is 0. The summed E-state index contributed by atoms with van der Waals surface area (Å²) in [4.78, 5) is 15.8. The average molecular weight is 354 g/mol. The molecule has 5 nitrogen and oxygen atoms in total. The molecule has 1 aromatic rings. The molecule has 0 saturated carbocycles. The Kier molecular flexibility index (Phi) is 6.79. The summed E-state index contributed by atoms with van der Waals surface area (Å²) in [6.45, 7) is 3.86. The van der Waals surface area contributed by atoms with Gasteiger partial charge in [0.2, 0.25) is 5.91 Å². The number of alkyl halides is 3. The lowest BCUT2D eigenvalue weighted by Gasteiger charge is -2.34. The molecule has 0 radical (unpaired) electrons. The number of halogens is 3. The zero-order valence-electron chi connectivity index (χ0n) is 13.9. The first-order valence-electron chi connectivity index (χ1n) is 8.13. The van der Waals surface area contributed by atoms with Crippen molar-refractivity contribution >= 4 is 5.91 Å². The highest BCUT2D eigenvalue weighted by molar-refractivity contribution is 5.78. The lowest BCUT2D eigenvalue weighted by molar-refractivity contribution is -0.137. The van der Waals surface area contributed by atoms with Crippen molar-refractivity contribution in [3.8, 4) is 6.07 Å². The predicted octanol–water partition coefficient (Wildman–Crippen LogP) is 1.85. The summed E-state index contributed by atoms with van der Waals surface area (Å²) in [5, 5.41) is 11.1. The molecule has 1 aliphatic heterocycles. The van der Waals surface area contributed by atoms with Gasteiger partial charge in [0.05, 0.1) is 24.6 Å². The van der Waals surface area contributed by atoms with Crippen LogP contribution in [-0.2, 0) is 17.5 Å². The van der Waals surface area contributed by atoms with E-state index in [0.29, 0.717) is 44.8 Å². The Hall–Kier alpha value is -2.11. The van der Waals surface area contributed by atoms with Gasteiger partial charge < -0.3 is 5.32 Å². The van der Waals surface area contributed by atoms with Crippen LogP contribution in [0.2, 0.25) is 0 Å². The Balaban J connectivity index is 1.77. The SMILES string of the molecule is N#CCCNC(=O)CN1CCN(Cc2cccc(C(F)(F)F)c2)CC1. The van der Waals surface area contributed by atoms with Gasteiger partial charge in [-0.1, -0.05) is 18.2 Å². The van der Waals surface area contributed by atoms with Gasteiger partial charge in [-0.25, -0.2) is 0 Å². The molecule has 1 aliphatic rings. The number of piperazine rings is 1. The number of hydrogen-bond acceptors (Lipinski definition) is 4. The third kappa shape index (κ3) is 6.36. The summed E-state index contributed by atoms with van der Waals surface area (Å²) < 4.78 is 38.3. The van der Waals surface area contributed by atoms with Gasteiger partial charge in [0.25, 0.3) is 0 Å². The van der Waals surface area contributed by atoms with Gasteiger partial charge in [0, 0.05) is 39.3 Å². The summed E-state index contributed by atoms with van der Waals surface area (Å²) in [5.41, 5.74) is 0.00944. The molecule has 0 spiro atoms. The highest BCUT2D eigenvalue weighted by atomic mass is 19.4. The second-order valence-corrected chi connectivity index (χ2v) is 6.01. The Morgan fingerprint density at radius 2 is 1.88 bits per heavy atom. The molecule has 1 saturated heterocycles. The van der Waals surface area contributed by atoms with Crippen LogP contribution >= 0.6 is 0 Å². The van der Waals surface area contributed by atoms with Crippen LogP contribution in [0.5, 0.6) is 0 Å². The third-order valence-corrected chi connectivity index (χ3v) is 4.05. The Morgan fingerprint density at radius 3 is 2.52 bits per heavy atom. The molecule has 0 atom stereocenters. The Labute approximate surface area is 145 Å². The van der Waals surface area contributed by atoms with Gasteiger partial charge >= 0.3 is 6.18 Å². The number of nitrogens with zero attached hydrogens (tertiary/aromatic N) is 3. The van der Waals surface area contributed by atoms with Gasteiger partial charge in [-0.15, -0.1) is 0 Å². The van der Waals surface area contributed by atoms with Crippen LogP contribution in [0.1, 0.15) is 17.5 Å². The maximum atomic E-state index is 12.8. The van der Waals surface area contributed by atoms with Crippen molar-refractivity contribution in [2.45, 2.75) is 19.1 Å². The lowest BCUT2D eigenvalue weighted by atomic mass is 10.1. The van der Waals surface area contributed by atoms with Crippen molar-refractivity contribution in [2.24, 2.45) is 0 Å². The second-order valence-electron chi connectivity index (χ2n) is 6.01. The molecule has 1 fully saturated rings. The van der Waals surface area contributed by atoms with E-state index >= 15 is 0 Å². The number of nitrogens with one attached hydrogen (secondary N) is 1. The molecule has 25 heavy (non-hydrogen) atoms. The smallest absolute Gasteiger partial charge is 0.354 e. The molecule has 0 bridgehead atoms. The molecule has 136 valence electrons. The molecule has 2 rings (SSSR count). The van der Waals surface area contributed by atoms with E-state index < -0.39 is 11.7 Å². The minimum absolute atomic E-state index is 0.110. The van der Waals surface area contributed by atoms with Crippen molar-refractivity contribution in [3.63, 3.8) is 0 Å². The van der Waals surface area contributed by atoms with E-state index in [4.69, 9.17) is 5.26 Å². The number of carbonyl (C=O) groups excluding carboxylic acids is 1. The maximum Gasteiger partial charge on any atom is 0.416 e. The van der Waals surface area contributed by atoms with E-state index in [-0.39, 0.29) is 18.9 Å². The zero-order valence-corrected chi connectivity index (χ0v) is 13.9. The summed E-state index contributed by atoms with van der Waals surface area (Å²) in [7, 11) is 0. The first-order chi connectivity index (χ1) is 11.9. The van der Waals surface area contributed by atoms with Crippen molar-refractivity contribution in [1.82, 2.24) is 15.1 Å². The summed E-state index contributed by atoms with van der Waals surface area (Å²) in [6, 6.07) is 7.36. The molecular weight excluding hydrogens is 333 g/mol. The minimum atomic E-state index is -4.33. The fourth-order valence-electron chi connectivity index (χ4n) is 2.73.